The minimum Gasteiger partial charge on any atom is -0.299 e. The van der Waals surface area contributed by atoms with Crippen molar-refractivity contribution in [1.82, 2.24) is 9.62 Å². The highest BCUT2D eigenvalue weighted by Crippen LogP contribution is 2.14. The predicted octanol–water partition coefficient (Wildman–Crippen LogP) is 3.46. The number of hydrogen-bond acceptors (Lipinski definition) is 3. The van der Waals surface area contributed by atoms with Crippen molar-refractivity contribution in [3.8, 4) is 0 Å². The van der Waals surface area contributed by atoms with Gasteiger partial charge >= 0.3 is 0 Å². The van der Waals surface area contributed by atoms with Gasteiger partial charge in [-0.05, 0) is 56.1 Å². The molecular formula is C20H26N2O2S. The summed E-state index contributed by atoms with van der Waals surface area (Å²) in [5, 5.41) is 0. The highest BCUT2D eigenvalue weighted by molar-refractivity contribution is 7.89. The molecule has 0 radical (unpaired) electrons. The van der Waals surface area contributed by atoms with Gasteiger partial charge in [0.05, 0.1) is 4.90 Å². The highest BCUT2D eigenvalue weighted by atomic mass is 32.2. The van der Waals surface area contributed by atoms with Crippen LogP contribution in [0.25, 0.3) is 0 Å². The van der Waals surface area contributed by atoms with Gasteiger partial charge in [-0.1, -0.05) is 48.4 Å². The number of aryl methyl sites for hydroxylation is 1. The van der Waals surface area contributed by atoms with Gasteiger partial charge in [-0.3, -0.25) is 4.90 Å². The lowest BCUT2D eigenvalue weighted by atomic mass is 10.1. The van der Waals surface area contributed by atoms with Gasteiger partial charge in [-0.15, -0.1) is 0 Å². The first-order valence-corrected chi connectivity index (χ1v) is 10.4. The molecule has 0 aromatic heterocycles. The van der Waals surface area contributed by atoms with Crippen LogP contribution in [0.1, 0.15) is 36.0 Å². The molecule has 1 fully saturated rings. The summed E-state index contributed by atoms with van der Waals surface area (Å²) < 4.78 is 27.3. The second-order valence-corrected chi connectivity index (χ2v) is 8.56. The highest BCUT2D eigenvalue weighted by Gasteiger charge is 2.13. The molecule has 0 amide bonds. The number of nitrogens with zero attached hydrogens (tertiary/aromatic N) is 1. The second kappa shape index (κ2) is 8.13. The zero-order valence-electron chi connectivity index (χ0n) is 14.7. The summed E-state index contributed by atoms with van der Waals surface area (Å²) in [6.07, 6.45) is 3.92. The van der Waals surface area contributed by atoms with E-state index in [-0.39, 0.29) is 0 Å². The maximum absolute atomic E-state index is 12.3. The van der Waals surface area contributed by atoms with Crippen LogP contribution in [-0.4, -0.2) is 26.4 Å². The fourth-order valence-electron chi connectivity index (χ4n) is 3.12. The number of rotatable bonds is 6. The van der Waals surface area contributed by atoms with Gasteiger partial charge in [-0.2, -0.15) is 0 Å². The summed E-state index contributed by atoms with van der Waals surface area (Å²) >= 11 is 0. The molecule has 0 unspecified atom stereocenters. The van der Waals surface area contributed by atoms with E-state index in [1.54, 1.807) is 12.1 Å². The molecule has 1 aliphatic heterocycles. The van der Waals surface area contributed by atoms with E-state index in [1.165, 1.54) is 37.9 Å². The maximum Gasteiger partial charge on any atom is 0.240 e. The Hall–Kier alpha value is -1.69. The van der Waals surface area contributed by atoms with Crippen molar-refractivity contribution in [3.05, 3.63) is 65.2 Å². The van der Waals surface area contributed by atoms with Crippen molar-refractivity contribution in [2.24, 2.45) is 0 Å². The van der Waals surface area contributed by atoms with Gasteiger partial charge in [0, 0.05) is 13.1 Å². The van der Waals surface area contributed by atoms with Crippen molar-refractivity contribution in [3.63, 3.8) is 0 Å². The summed E-state index contributed by atoms with van der Waals surface area (Å²) in [4.78, 5) is 2.79. The van der Waals surface area contributed by atoms with E-state index in [1.807, 2.05) is 31.2 Å². The fourth-order valence-corrected chi connectivity index (χ4v) is 4.14. The van der Waals surface area contributed by atoms with Gasteiger partial charge in [-0.25, -0.2) is 13.1 Å². The minimum absolute atomic E-state index is 0.305. The molecule has 3 rings (SSSR count). The monoisotopic (exact) mass is 358 g/mol. The number of piperidine rings is 1. The van der Waals surface area contributed by atoms with Crippen LogP contribution in [-0.2, 0) is 23.1 Å². The molecule has 1 saturated heterocycles. The molecule has 0 atom stereocenters. The topological polar surface area (TPSA) is 49.4 Å². The lowest BCUT2D eigenvalue weighted by Crippen LogP contribution is -2.29. The number of likely N-dealkylation sites (tertiary alicyclic amines) is 1. The molecular weight excluding hydrogens is 332 g/mol. The molecule has 2 aromatic rings. The van der Waals surface area contributed by atoms with Crippen molar-refractivity contribution in [1.29, 1.82) is 0 Å². The van der Waals surface area contributed by atoms with Crippen LogP contribution in [0.2, 0.25) is 0 Å². The van der Waals surface area contributed by atoms with Crippen molar-refractivity contribution in [2.45, 2.75) is 44.2 Å². The molecule has 2 aromatic carbocycles. The Kier molecular flexibility index (Phi) is 5.89. The number of benzene rings is 2. The lowest BCUT2D eigenvalue weighted by Gasteiger charge is -2.26. The Morgan fingerprint density at radius 1 is 0.880 bits per heavy atom. The fraction of sp³-hybridized carbons (Fsp3) is 0.400. The molecule has 1 N–H and O–H groups in total. The maximum atomic E-state index is 12.3. The van der Waals surface area contributed by atoms with E-state index in [0.717, 1.165) is 17.7 Å². The van der Waals surface area contributed by atoms with Gasteiger partial charge in [0.1, 0.15) is 0 Å². The van der Waals surface area contributed by atoms with Crippen LogP contribution in [0, 0.1) is 6.92 Å². The molecule has 0 aliphatic carbocycles. The molecule has 1 heterocycles. The first-order valence-electron chi connectivity index (χ1n) is 8.89. The van der Waals surface area contributed by atoms with Crippen LogP contribution >= 0.6 is 0 Å². The Bertz CT molecular complexity index is 777. The van der Waals surface area contributed by atoms with Crippen LogP contribution in [0.15, 0.2) is 53.4 Å². The quantitative estimate of drug-likeness (QED) is 0.860. The Morgan fingerprint density at radius 2 is 1.48 bits per heavy atom. The summed E-state index contributed by atoms with van der Waals surface area (Å²) in [5.41, 5.74) is 3.30. The molecule has 1 aliphatic rings. The second-order valence-electron chi connectivity index (χ2n) is 6.79. The SMILES string of the molecule is Cc1ccc(S(=O)(=O)NCc2ccc(CN3CCCCC3)cc2)cc1. The largest absolute Gasteiger partial charge is 0.299 e. The van der Waals surface area contributed by atoms with Crippen LogP contribution in [0.4, 0.5) is 0 Å². The molecule has 25 heavy (non-hydrogen) atoms. The molecule has 0 bridgehead atoms. The third-order valence-corrected chi connectivity index (χ3v) is 6.09. The summed E-state index contributed by atoms with van der Waals surface area (Å²) in [6.45, 7) is 5.58. The van der Waals surface area contributed by atoms with E-state index >= 15 is 0 Å². The first kappa shape index (κ1) is 18.1. The van der Waals surface area contributed by atoms with Crippen molar-refractivity contribution in [2.75, 3.05) is 13.1 Å². The Balaban J connectivity index is 1.56. The number of nitrogens with one attached hydrogen (secondary N) is 1. The zero-order valence-corrected chi connectivity index (χ0v) is 15.6. The molecule has 4 nitrogen and oxygen atoms in total. The van der Waals surface area contributed by atoms with Crippen LogP contribution in [0.5, 0.6) is 0 Å². The van der Waals surface area contributed by atoms with Gasteiger partial charge < -0.3 is 0 Å². The molecule has 5 heteroatoms. The van der Waals surface area contributed by atoms with E-state index in [0.29, 0.717) is 11.4 Å². The van der Waals surface area contributed by atoms with Gasteiger partial charge in [0.15, 0.2) is 0 Å². The third kappa shape index (κ3) is 5.14. The van der Waals surface area contributed by atoms with Crippen molar-refractivity contribution < 1.29 is 8.42 Å². The molecule has 0 saturated carbocycles. The standard InChI is InChI=1S/C20H26N2O2S/c1-17-5-11-20(12-6-17)25(23,24)21-15-18-7-9-19(10-8-18)16-22-13-3-2-4-14-22/h5-12,21H,2-4,13-16H2,1H3. The summed E-state index contributed by atoms with van der Waals surface area (Å²) in [7, 11) is -3.47. The van der Waals surface area contributed by atoms with E-state index in [4.69, 9.17) is 0 Å². The minimum atomic E-state index is -3.47. The zero-order chi connectivity index (χ0) is 17.7. The average molecular weight is 359 g/mol. The van der Waals surface area contributed by atoms with Crippen LogP contribution < -0.4 is 4.72 Å². The predicted molar refractivity (Wildman–Crippen MR) is 101 cm³/mol. The molecule has 0 spiro atoms. The number of sulfonamides is 1. The average Bonchev–Trinajstić information content (AvgIpc) is 2.62. The summed E-state index contributed by atoms with van der Waals surface area (Å²) in [5.74, 6) is 0. The lowest BCUT2D eigenvalue weighted by molar-refractivity contribution is 0.221. The van der Waals surface area contributed by atoms with E-state index in [9.17, 15) is 8.42 Å². The smallest absolute Gasteiger partial charge is 0.240 e. The molecule has 134 valence electrons. The Morgan fingerprint density at radius 3 is 2.12 bits per heavy atom. The number of hydrogen-bond donors (Lipinski definition) is 1. The third-order valence-electron chi connectivity index (χ3n) is 4.68. The van der Waals surface area contributed by atoms with E-state index in [2.05, 4.69) is 21.8 Å². The van der Waals surface area contributed by atoms with Gasteiger partial charge in [0.25, 0.3) is 0 Å². The first-order chi connectivity index (χ1) is 12.0. The summed E-state index contributed by atoms with van der Waals surface area (Å²) in [6, 6.07) is 15.1. The van der Waals surface area contributed by atoms with Gasteiger partial charge in [0.2, 0.25) is 10.0 Å². The van der Waals surface area contributed by atoms with Crippen LogP contribution in [0.3, 0.4) is 0 Å². The normalized spacial score (nSPS) is 16.0. The van der Waals surface area contributed by atoms with Crippen molar-refractivity contribution >= 4 is 10.0 Å². The van der Waals surface area contributed by atoms with E-state index < -0.39 is 10.0 Å². The Labute approximate surface area is 150 Å².